The Hall–Kier alpha value is 0.270. The second-order valence-corrected chi connectivity index (χ2v) is 1.64. The Morgan fingerprint density at radius 2 is 1.17 bits per heavy atom. The zero-order valence-corrected chi connectivity index (χ0v) is 17.3. The maximum atomic E-state index is 7.57. The van der Waals surface area contributed by atoms with Gasteiger partial charge in [-0.25, -0.2) is 12.2 Å². The standard InChI is InChI=1S/C5H5.2C2H6O.6CH3.Hf/c1-2-4-5-3-1;2*1-2-3;;;;;;;/h1-3H,4H2;2*3H,2H2,1H3;6*1H3;/q-1;;;6*-1;. The van der Waals surface area contributed by atoms with Crippen LogP contribution in [0.5, 0.6) is 0 Å². The van der Waals surface area contributed by atoms with Crippen molar-refractivity contribution in [3.63, 3.8) is 0 Å². The van der Waals surface area contributed by atoms with Gasteiger partial charge in [0.1, 0.15) is 0 Å². The van der Waals surface area contributed by atoms with Crippen molar-refractivity contribution in [2.45, 2.75) is 20.3 Å². The predicted molar refractivity (Wildman–Crippen MR) is 85.6 cm³/mol. The number of rotatable bonds is 0. The fourth-order valence-electron chi connectivity index (χ4n) is 0.340. The maximum absolute atomic E-state index is 7.57. The van der Waals surface area contributed by atoms with Crippen LogP contribution >= 0.6 is 0 Å². The molecule has 0 fully saturated rings. The topological polar surface area (TPSA) is 40.5 Å². The summed E-state index contributed by atoms with van der Waals surface area (Å²) in [6.45, 7) is 3.86. The third kappa shape index (κ3) is 137. The van der Waals surface area contributed by atoms with E-state index in [1.807, 2.05) is 12.2 Å². The van der Waals surface area contributed by atoms with Crippen LogP contribution < -0.4 is 0 Å². The van der Waals surface area contributed by atoms with E-state index in [4.69, 9.17) is 10.2 Å². The molecular weight excluding hydrogens is 391 g/mol. The number of aliphatic hydroxyl groups is 2. The number of aliphatic hydroxyl groups excluding tert-OH is 2. The Morgan fingerprint density at radius 3 is 1.22 bits per heavy atom. The second kappa shape index (κ2) is 86.5. The largest absolute Gasteiger partial charge is 0.397 e. The molecular formula is C15H35HfO2-7. The van der Waals surface area contributed by atoms with Crippen LogP contribution in [-0.4, -0.2) is 23.4 Å². The van der Waals surface area contributed by atoms with Crippen LogP contribution in [0.4, 0.5) is 0 Å². The Bertz CT molecular complexity index is 90.7. The molecule has 0 unspecified atom stereocenters. The van der Waals surface area contributed by atoms with Gasteiger partial charge in [0.05, 0.1) is 0 Å². The first-order valence-electron chi connectivity index (χ1n) is 3.76. The number of hydrogen-bond acceptors (Lipinski definition) is 2. The van der Waals surface area contributed by atoms with Crippen LogP contribution in [0, 0.1) is 50.6 Å². The summed E-state index contributed by atoms with van der Waals surface area (Å²) in [6, 6.07) is 0. The minimum Gasteiger partial charge on any atom is -0.397 e. The van der Waals surface area contributed by atoms with E-state index in [1.165, 1.54) is 0 Å². The van der Waals surface area contributed by atoms with Gasteiger partial charge < -0.3 is 54.8 Å². The average Bonchev–Trinajstić information content (AvgIpc) is 2.44. The van der Waals surface area contributed by atoms with Crippen molar-refractivity contribution in [3.05, 3.63) is 68.9 Å². The SMILES string of the molecule is CCO.CCO.[C-]1=CC=CC1.[CH3-].[CH3-].[CH3-].[CH3-].[CH3-].[CH3-].[Hf]. The molecule has 2 N–H and O–H groups in total. The predicted octanol–water partition coefficient (Wildman–Crippen LogP) is 4.00. The molecule has 0 spiro atoms. The van der Waals surface area contributed by atoms with E-state index in [-0.39, 0.29) is 83.6 Å². The van der Waals surface area contributed by atoms with Crippen molar-refractivity contribution < 1.29 is 36.1 Å². The zero-order valence-electron chi connectivity index (χ0n) is 13.7. The normalized spacial score (nSPS) is 6.89. The smallest absolute Gasteiger partial charge is 0.0402 e. The van der Waals surface area contributed by atoms with Crippen LogP contribution in [0.3, 0.4) is 0 Å². The summed E-state index contributed by atoms with van der Waals surface area (Å²) in [6.07, 6.45) is 10.0. The first-order valence-corrected chi connectivity index (χ1v) is 3.76. The monoisotopic (exact) mass is 427 g/mol. The Morgan fingerprint density at radius 1 is 0.889 bits per heavy atom. The molecule has 118 valence electrons. The molecule has 1 rings (SSSR count). The summed E-state index contributed by atoms with van der Waals surface area (Å²) >= 11 is 0. The van der Waals surface area contributed by atoms with Gasteiger partial charge in [0.15, 0.2) is 0 Å². The van der Waals surface area contributed by atoms with Gasteiger partial charge in [0.2, 0.25) is 0 Å². The average molecular weight is 426 g/mol. The van der Waals surface area contributed by atoms with Crippen LogP contribution in [0.25, 0.3) is 0 Å². The van der Waals surface area contributed by atoms with E-state index >= 15 is 0 Å². The van der Waals surface area contributed by atoms with Gasteiger partial charge in [0, 0.05) is 39.1 Å². The summed E-state index contributed by atoms with van der Waals surface area (Å²) in [5.41, 5.74) is 0. The van der Waals surface area contributed by atoms with Crippen molar-refractivity contribution in [2.75, 3.05) is 13.2 Å². The van der Waals surface area contributed by atoms with Gasteiger partial charge in [-0.05, 0) is 13.8 Å². The van der Waals surface area contributed by atoms with Crippen molar-refractivity contribution >= 4 is 0 Å². The Balaban J connectivity index is -0.00000000837. The molecule has 1 aliphatic rings. The minimum absolute atomic E-state index is 0. The molecule has 0 saturated heterocycles. The molecule has 0 atom stereocenters. The summed E-state index contributed by atoms with van der Waals surface area (Å²) < 4.78 is 0. The zero-order chi connectivity index (χ0) is 8.95. The number of allylic oxidation sites excluding steroid dienone is 4. The van der Waals surface area contributed by atoms with Gasteiger partial charge in [-0.1, -0.05) is 0 Å². The van der Waals surface area contributed by atoms with Crippen LogP contribution in [0.15, 0.2) is 18.2 Å². The fourth-order valence-corrected chi connectivity index (χ4v) is 0.340. The van der Waals surface area contributed by atoms with Gasteiger partial charge in [-0.2, -0.15) is 6.08 Å². The molecule has 0 saturated carbocycles. The molecule has 0 aromatic carbocycles. The maximum Gasteiger partial charge on any atom is 0.0402 e. The van der Waals surface area contributed by atoms with Gasteiger partial charge in [0.25, 0.3) is 0 Å². The van der Waals surface area contributed by atoms with Crippen molar-refractivity contribution in [1.29, 1.82) is 0 Å². The molecule has 0 bridgehead atoms. The quantitative estimate of drug-likeness (QED) is 0.455. The molecule has 3 heteroatoms. The molecule has 2 nitrogen and oxygen atoms in total. The van der Waals surface area contributed by atoms with E-state index < -0.39 is 0 Å². The molecule has 0 radical (unpaired) electrons. The van der Waals surface area contributed by atoms with E-state index in [0.29, 0.717) is 0 Å². The molecule has 18 heavy (non-hydrogen) atoms. The molecule has 0 heterocycles. The number of hydrogen-bond donors (Lipinski definition) is 2. The molecule has 0 aromatic rings. The second-order valence-electron chi connectivity index (χ2n) is 1.64. The van der Waals surface area contributed by atoms with E-state index in [2.05, 4.69) is 12.2 Å². The van der Waals surface area contributed by atoms with Crippen LogP contribution in [0.1, 0.15) is 20.3 Å². The van der Waals surface area contributed by atoms with E-state index in [9.17, 15) is 0 Å². The minimum atomic E-state index is 0. The Labute approximate surface area is 138 Å². The first-order chi connectivity index (χ1) is 5.33. The first kappa shape index (κ1) is 63.4. The Kier molecular flexibility index (Phi) is 305. The molecule has 0 aromatic heterocycles. The molecule has 1 aliphatic carbocycles. The van der Waals surface area contributed by atoms with Gasteiger partial charge in [-0.3, -0.25) is 6.08 Å². The van der Waals surface area contributed by atoms with E-state index in [0.717, 1.165) is 6.42 Å². The van der Waals surface area contributed by atoms with Crippen molar-refractivity contribution in [3.8, 4) is 0 Å². The summed E-state index contributed by atoms with van der Waals surface area (Å²) in [7, 11) is 0. The van der Waals surface area contributed by atoms with Crippen molar-refractivity contribution in [2.24, 2.45) is 0 Å². The third-order valence-corrected chi connectivity index (χ3v) is 0.586. The van der Waals surface area contributed by atoms with Gasteiger partial charge >= 0.3 is 0 Å². The fraction of sp³-hybridized carbons (Fsp3) is 0.333. The molecule has 0 aliphatic heterocycles. The third-order valence-electron chi connectivity index (χ3n) is 0.586. The summed E-state index contributed by atoms with van der Waals surface area (Å²) in [4.78, 5) is 0. The van der Waals surface area contributed by atoms with E-state index in [1.54, 1.807) is 13.8 Å². The van der Waals surface area contributed by atoms with Crippen LogP contribution in [0.2, 0.25) is 0 Å². The summed E-state index contributed by atoms with van der Waals surface area (Å²) in [5.74, 6) is 0. The van der Waals surface area contributed by atoms with Crippen molar-refractivity contribution in [1.82, 2.24) is 0 Å². The summed E-state index contributed by atoms with van der Waals surface area (Å²) in [5, 5.41) is 15.1. The van der Waals surface area contributed by atoms with Gasteiger partial charge in [-0.15, -0.1) is 6.42 Å². The van der Waals surface area contributed by atoms with Crippen LogP contribution in [-0.2, 0) is 25.8 Å². The molecule has 0 amide bonds.